The van der Waals surface area contributed by atoms with Crippen molar-refractivity contribution in [2.75, 3.05) is 19.7 Å². The molecule has 1 aromatic heterocycles. The number of carbonyl (C=O) groups excluding carboxylic acids is 1. The Morgan fingerprint density at radius 3 is 2.07 bits per heavy atom. The number of rotatable bonds is 14. The van der Waals surface area contributed by atoms with Gasteiger partial charge in [-0.15, -0.1) is 11.3 Å². The molecule has 9 N–H and O–H groups in total. The first-order valence-corrected chi connectivity index (χ1v) is 18.6. The molecule has 2 aromatic carbocycles. The Labute approximate surface area is 338 Å². The number of carboxylic acids is 4. The summed E-state index contributed by atoms with van der Waals surface area (Å²) in [5.74, 6) is -4.26. The van der Waals surface area contributed by atoms with Crippen LogP contribution in [0.1, 0.15) is 36.8 Å². The first kappa shape index (κ1) is 46.1. The van der Waals surface area contributed by atoms with Gasteiger partial charge in [0.15, 0.2) is 5.96 Å². The molecule has 1 fully saturated rings. The molecule has 16 nitrogen and oxygen atoms in total. The number of nitrogens with two attached hydrogens (primary N) is 2. The van der Waals surface area contributed by atoms with Gasteiger partial charge in [0.05, 0.1) is 26.8 Å². The number of benzene rings is 2. The summed E-state index contributed by atoms with van der Waals surface area (Å²) in [6, 6.07) is 9.89. The molecule has 2 heterocycles. The predicted octanol–water partition coefficient (Wildman–Crippen LogP) is 5.46. The summed E-state index contributed by atoms with van der Waals surface area (Å²) in [5, 5.41) is 38.0. The van der Waals surface area contributed by atoms with Crippen molar-refractivity contribution in [1.82, 2.24) is 15.2 Å². The van der Waals surface area contributed by atoms with Crippen LogP contribution in [0.5, 0.6) is 5.75 Å². The highest BCUT2D eigenvalue weighted by atomic mass is 79.9. The van der Waals surface area contributed by atoms with Crippen molar-refractivity contribution in [2.24, 2.45) is 16.5 Å². The molecule has 4 rings (SSSR count). The van der Waals surface area contributed by atoms with Gasteiger partial charge in [0.25, 0.3) is 0 Å². The minimum atomic E-state index is -1.26. The second-order valence-electron chi connectivity index (χ2n) is 11.5. The Morgan fingerprint density at radius 1 is 0.964 bits per heavy atom. The van der Waals surface area contributed by atoms with Crippen molar-refractivity contribution in [2.45, 2.75) is 45.2 Å². The maximum atomic E-state index is 12.5. The maximum absolute atomic E-state index is 12.5. The monoisotopic (exact) mass is 884 g/mol. The standard InChI is InChI=1S/C27H31BrCl2N6O2S.2C4H4O4/c1-16-11-24(20(28)13-19(16)23-15-39-27(34-23)35-26(31)32)38-10-2-3-25(37)33-18-6-8-36(9-7-18)14-17-4-5-21(29)22(30)12-17;2*5-3(6)1-2-4(7)8/h4-5,11-13,15,18H,2-3,6-10,14H2,1H3,(H,33,37)(H4,31,32,34,35);2*1-2H,(H,5,6)(H,7,8)/b;2*2-1+. The number of aliphatic imine (C=N–C) groups is 1. The van der Waals surface area contributed by atoms with Crippen LogP contribution in [0.3, 0.4) is 0 Å². The third-order valence-corrected chi connectivity index (χ3v) is 9.25. The molecule has 1 saturated heterocycles. The topological polar surface area (TPSA) is 268 Å². The number of hydrogen-bond donors (Lipinski definition) is 7. The zero-order chi connectivity index (χ0) is 41.1. The molecule has 0 spiro atoms. The van der Waals surface area contributed by atoms with E-state index < -0.39 is 23.9 Å². The van der Waals surface area contributed by atoms with Gasteiger partial charge >= 0.3 is 23.9 Å². The summed E-state index contributed by atoms with van der Waals surface area (Å²) in [5.41, 5.74) is 14.8. The van der Waals surface area contributed by atoms with Crippen molar-refractivity contribution in [3.8, 4) is 17.0 Å². The van der Waals surface area contributed by atoms with Crippen molar-refractivity contribution < 1.29 is 49.1 Å². The lowest BCUT2D eigenvalue weighted by molar-refractivity contribution is -0.134. The van der Waals surface area contributed by atoms with Crippen LogP contribution in [-0.4, -0.2) is 91.8 Å². The number of ether oxygens (including phenoxy) is 1. The van der Waals surface area contributed by atoms with Crippen LogP contribution < -0.4 is 21.5 Å². The smallest absolute Gasteiger partial charge is 0.328 e. The highest BCUT2D eigenvalue weighted by Crippen LogP contribution is 2.35. The predicted molar refractivity (Wildman–Crippen MR) is 212 cm³/mol. The average molecular weight is 887 g/mol. The van der Waals surface area contributed by atoms with Crippen LogP contribution in [0.25, 0.3) is 11.3 Å². The number of nitrogens with zero attached hydrogens (tertiary/aromatic N) is 3. The summed E-state index contributed by atoms with van der Waals surface area (Å²) in [7, 11) is 0. The highest BCUT2D eigenvalue weighted by molar-refractivity contribution is 9.10. The lowest BCUT2D eigenvalue weighted by Gasteiger charge is -2.32. The Morgan fingerprint density at radius 2 is 1.55 bits per heavy atom. The summed E-state index contributed by atoms with van der Waals surface area (Å²) in [6.07, 6.45) is 5.13. The molecular weight excluding hydrogens is 847 g/mol. The molecule has 0 unspecified atom stereocenters. The average Bonchev–Trinajstić information content (AvgIpc) is 3.56. The van der Waals surface area contributed by atoms with Gasteiger partial charge in [-0.2, -0.15) is 4.99 Å². The van der Waals surface area contributed by atoms with E-state index in [0.717, 1.165) is 65.1 Å². The number of piperidine rings is 1. The van der Waals surface area contributed by atoms with E-state index in [1.807, 2.05) is 42.6 Å². The SMILES string of the molecule is Cc1cc(OCCCC(=O)NC2CCN(Cc3ccc(Cl)c(Cl)c3)CC2)c(Br)cc1-c1csc(N=C(N)N)n1.O=C(O)/C=C/C(=O)O.O=C(O)/C=C/C(=O)O. The third-order valence-electron chi connectivity index (χ3n) is 7.16. The first-order valence-electron chi connectivity index (χ1n) is 16.2. The lowest BCUT2D eigenvalue weighted by atomic mass is 10.0. The molecule has 1 amide bonds. The van der Waals surface area contributed by atoms with E-state index in [-0.39, 0.29) is 17.9 Å². The van der Waals surface area contributed by atoms with Gasteiger partial charge in [0, 0.05) is 67.3 Å². The minimum absolute atomic E-state index is 0.0204. The van der Waals surface area contributed by atoms with E-state index in [1.54, 1.807) is 0 Å². The second kappa shape index (κ2) is 23.7. The number of aryl methyl sites for hydroxylation is 1. The number of nitrogens with one attached hydrogen (secondary N) is 1. The normalized spacial score (nSPS) is 12.9. The van der Waals surface area contributed by atoms with E-state index in [2.05, 4.69) is 36.1 Å². The van der Waals surface area contributed by atoms with Gasteiger partial charge in [-0.25, -0.2) is 24.2 Å². The van der Waals surface area contributed by atoms with Crippen LogP contribution in [0.4, 0.5) is 5.13 Å². The van der Waals surface area contributed by atoms with E-state index >= 15 is 0 Å². The van der Waals surface area contributed by atoms with Crippen LogP contribution in [0.2, 0.25) is 10.0 Å². The molecule has 296 valence electrons. The fourth-order valence-corrected chi connectivity index (χ4v) is 6.21. The Kier molecular flexibility index (Phi) is 19.9. The highest BCUT2D eigenvalue weighted by Gasteiger charge is 2.21. The minimum Gasteiger partial charge on any atom is -0.492 e. The van der Waals surface area contributed by atoms with Crippen molar-refractivity contribution in [1.29, 1.82) is 0 Å². The van der Waals surface area contributed by atoms with Crippen molar-refractivity contribution >= 4 is 91.3 Å². The fourth-order valence-electron chi connectivity index (χ4n) is 4.72. The number of guanidine groups is 1. The van der Waals surface area contributed by atoms with E-state index in [9.17, 15) is 24.0 Å². The van der Waals surface area contributed by atoms with Crippen LogP contribution in [0.15, 0.2) is 69.5 Å². The second-order valence-corrected chi connectivity index (χ2v) is 14.0. The molecule has 0 atom stereocenters. The summed E-state index contributed by atoms with van der Waals surface area (Å²) in [6.45, 7) is 5.12. The number of halogens is 3. The van der Waals surface area contributed by atoms with Crippen molar-refractivity contribution in [3.05, 3.63) is 85.7 Å². The van der Waals surface area contributed by atoms with Gasteiger partial charge in [0.2, 0.25) is 11.0 Å². The summed E-state index contributed by atoms with van der Waals surface area (Å²) in [4.78, 5) is 61.6. The quantitative estimate of drug-likeness (QED) is 0.0459. The number of carboxylic acid groups (broad SMARTS) is 4. The van der Waals surface area contributed by atoms with Crippen LogP contribution >= 0.6 is 50.5 Å². The van der Waals surface area contributed by atoms with E-state index in [0.29, 0.717) is 58.9 Å². The van der Waals surface area contributed by atoms with Gasteiger partial charge < -0.3 is 41.9 Å². The molecule has 1 aliphatic heterocycles. The molecule has 55 heavy (non-hydrogen) atoms. The number of aliphatic carboxylic acids is 4. The zero-order valence-corrected chi connectivity index (χ0v) is 33.2. The third kappa shape index (κ3) is 18.7. The summed E-state index contributed by atoms with van der Waals surface area (Å²) >= 11 is 17.1. The molecule has 0 aliphatic carbocycles. The molecule has 0 saturated carbocycles. The largest absolute Gasteiger partial charge is 0.492 e. The molecule has 3 aromatic rings. The number of likely N-dealkylation sites (tertiary alicyclic amines) is 1. The number of aromatic nitrogens is 1. The molecular formula is C35H39BrCl2N6O10S. The van der Waals surface area contributed by atoms with Crippen molar-refractivity contribution in [3.63, 3.8) is 0 Å². The zero-order valence-electron chi connectivity index (χ0n) is 29.3. The maximum Gasteiger partial charge on any atom is 0.328 e. The van der Waals surface area contributed by atoms with Crippen LogP contribution in [-0.2, 0) is 30.5 Å². The Bertz CT molecular complexity index is 1850. The molecule has 0 radical (unpaired) electrons. The lowest BCUT2D eigenvalue weighted by Crippen LogP contribution is -2.44. The van der Waals surface area contributed by atoms with Gasteiger partial charge in [-0.1, -0.05) is 29.3 Å². The molecule has 20 heteroatoms. The van der Waals surface area contributed by atoms with E-state index in [1.165, 1.54) is 11.3 Å². The Hall–Kier alpha value is -5.01. The number of thiazole rings is 1. The number of amides is 1. The first-order chi connectivity index (χ1) is 25.9. The van der Waals surface area contributed by atoms with Gasteiger partial charge in [-0.3, -0.25) is 9.69 Å². The Balaban J connectivity index is 0.000000546. The molecule has 1 aliphatic rings. The number of carbonyl (C=O) groups is 5. The van der Waals surface area contributed by atoms with E-state index in [4.69, 9.17) is 59.8 Å². The summed E-state index contributed by atoms with van der Waals surface area (Å²) < 4.78 is 6.79. The molecule has 0 bridgehead atoms. The van der Waals surface area contributed by atoms with Gasteiger partial charge in [-0.05, 0) is 77.5 Å². The van der Waals surface area contributed by atoms with Gasteiger partial charge in [0.1, 0.15) is 5.75 Å². The fraction of sp³-hybridized carbons (Fsp3) is 0.286. The van der Waals surface area contributed by atoms with Crippen LogP contribution in [0, 0.1) is 6.92 Å². The number of hydrogen-bond acceptors (Lipinski definition) is 10.